The molecule has 1 unspecified atom stereocenters. The second kappa shape index (κ2) is 7.36. The number of hydrogen-bond donors (Lipinski definition) is 3. The smallest absolute Gasteiger partial charge is 0.352 e. The van der Waals surface area contributed by atoms with E-state index in [0.29, 0.717) is 5.56 Å². The molecule has 7 heteroatoms. The van der Waals surface area contributed by atoms with Crippen molar-refractivity contribution in [3.05, 3.63) is 41.2 Å². The number of carbonyl (C=O) groups is 1. The van der Waals surface area contributed by atoms with Crippen LogP contribution in [0.25, 0.3) is 6.08 Å². The van der Waals surface area contributed by atoms with Gasteiger partial charge >= 0.3 is 13.6 Å². The lowest BCUT2D eigenvalue weighted by Gasteiger charge is -2.13. The van der Waals surface area contributed by atoms with Crippen molar-refractivity contribution < 1.29 is 29.0 Å². The highest BCUT2D eigenvalue weighted by atomic mass is 31.2. The summed E-state index contributed by atoms with van der Waals surface area (Å²) >= 11 is 0. The predicted molar refractivity (Wildman–Crippen MR) is 73.7 cm³/mol. The number of aliphatic hydroxyl groups is 1. The summed E-state index contributed by atoms with van der Waals surface area (Å²) in [4.78, 5) is 29.9. The SMILES string of the molecule is CCOC(=O)C(O)CC(=Cc1ccccc1)P(=O)(O)O. The van der Waals surface area contributed by atoms with Crippen molar-refractivity contribution in [3.8, 4) is 0 Å². The molecule has 3 N–H and O–H groups in total. The molecule has 1 aromatic rings. The van der Waals surface area contributed by atoms with Crippen LogP contribution < -0.4 is 0 Å². The summed E-state index contributed by atoms with van der Waals surface area (Å²) in [7, 11) is -4.56. The summed E-state index contributed by atoms with van der Waals surface area (Å²) in [6.45, 7) is 1.66. The Kier molecular flexibility index (Phi) is 6.10. The van der Waals surface area contributed by atoms with Crippen LogP contribution in [0.2, 0.25) is 0 Å². The second-order valence-electron chi connectivity index (χ2n) is 4.06. The van der Waals surface area contributed by atoms with Gasteiger partial charge in [0.1, 0.15) is 0 Å². The monoisotopic (exact) mass is 300 g/mol. The van der Waals surface area contributed by atoms with E-state index in [0.717, 1.165) is 0 Å². The van der Waals surface area contributed by atoms with Gasteiger partial charge < -0.3 is 19.6 Å². The average Bonchev–Trinajstić information content (AvgIpc) is 2.38. The molecule has 0 aliphatic carbocycles. The number of ether oxygens (including phenoxy) is 1. The third kappa shape index (κ3) is 5.27. The van der Waals surface area contributed by atoms with E-state index in [1.165, 1.54) is 6.08 Å². The Morgan fingerprint density at radius 3 is 2.45 bits per heavy atom. The molecule has 0 saturated carbocycles. The maximum atomic E-state index is 11.4. The van der Waals surface area contributed by atoms with Crippen LogP contribution in [0.15, 0.2) is 35.6 Å². The Hall–Kier alpha value is -1.46. The zero-order chi connectivity index (χ0) is 15.2. The average molecular weight is 300 g/mol. The summed E-state index contributed by atoms with van der Waals surface area (Å²) in [5.74, 6) is -0.903. The number of esters is 1. The predicted octanol–water partition coefficient (Wildman–Crippen LogP) is 1.52. The molecule has 0 fully saturated rings. The minimum absolute atomic E-state index is 0.0868. The summed E-state index contributed by atoms with van der Waals surface area (Å²) in [6, 6.07) is 8.51. The highest BCUT2D eigenvalue weighted by Gasteiger charge is 2.27. The largest absolute Gasteiger partial charge is 0.464 e. The Labute approximate surface area is 116 Å². The zero-order valence-electron chi connectivity index (χ0n) is 11.0. The molecule has 0 radical (unpaired) electrons. The maximum Gasteiger partial charge on any atom is 0.352 e. The standard InChI is InChI=1S/C13H17O6P/c1-2-19-13(15)12(14)9-11(20(16,17)18)8-10-6-4-3-5-7-10/h3-8,12,14H,2,9H2,1H3,(H2,16,17,18). The van der Waals surface area contributed by atoms with Gasteiger partial charge in [0, 0.05) is 11.7 Å². The van der Waals surface area contributed by atoms with Gasteiger partial charge in [-0.1, -0.05) is 30.3 Å². The van der Waals surface area contributed by atoms with Crippen LogP contribution in [0.5, 0.6) is 0 Å². The van der Waals surface area contributed by atoms with E-state index in [4.69, 9.17) is 0 Å². The van der Waals surface area contributed by atoms with Crippen LogP contribution in [0, 0.1) is 0 Å². The van der Waals surface area contributed by atoms with Crippen molar-refractivity contribution in [1.82, 2.24) is 0 Å². The van der Waals surface area contributed by atoms with Gasteiger partial charge in [0.05, 0.1) is 6.61 Å². The van der Waals surface area contributed by atoms with Crippen LogP contribution in [0.4, 0.5) is 0 Å². The number of carbonyl (C=O) groups excluding carboxylic acids is 1. The first kappa shape index (κ1) is 16.6. The number of hydrogen-bond acceptors (Lipinski definition) is 4. The van der Waals surface area contributed by atoms with Gasteiger partial charge in [-0.15, -0.1) is 0 Å². The lowest BCUT2D eigenvalue weighted by molar-refractivity contribution is -0.152. The van der Waals surface area contributed by atoms with Crippen LogP contribution in [-0.2, 0) is 14.1 Å². The van der Waals surface area contributed by atoms with E-state index in [-0.39, 0.29) is 11.9 Å². The number of rotatable bonds is 6. The van der Waals surface area contributed by atoms with Gasteiger partial charge in [0.25, 0.3) is 0 Å². The van der Waals surface area contributed by atoms with E-state index in [9.17, 15) is 24.3 Å². The van der Waals surface area contributed by atoms with Crippen molar-refractivity contribution in [1.29, 1.82) is 0 Å². The summed E-state index contributed by atoms with van der Waals surface area (Å²) in [5, 5.41) is 9.29. The van der Waals surface area contributed by atoms with Crippen LogP contribution >= 0.6 is 7.60 Å². The molecule has 20 heavy (non-hydrogen) atoms. The summed E-state index contributed by atoms with van der Waals surface area (Å²) in [6.07, 6.45) is -0.807. The molecule has 0 amide bonds. The van der Waals surface area contributed by atoms with Gasteiger partial charge in [0.2, 0.25) is 0 Å². The van der Waals surface area contributed by atoms with Crippen LogP contribution in [0.1, 0.15) is 18.9 Å². The van der Waals surface area contributed by atoms with Gasteiger partial charge in [0.15, 0.2) is 6.10 Å². The van der Waals surface area contributed by atoms with E-state index in [1.54, 1.807) is 37.3 Å². The maximum absolute atomic E-state index is 11.4. The van der Waals surface area contributed by atoms with E-state index in [1.807, 2.05) is 0 Å². The van der Waals surface area contributed by atoms with Crippen molar-refractivity contribution in [2.45, 2.75) is 19.4 Å². The summed E-state index contributed by atoms with van der Waals surface area (Å²) < 4.78 is 16.0. The van der Waals surface area contributed by atoms with Gasteiger partial charge in [-0.25, -0.2) is 4.79 Å². The van der Waals surface area contributed by atoms with Crippen molar-refractivity contribution in [3.63, 3.8) is 0 Å². The first-order chi connectivity index (χ1) is 9.34. The Morgan fingerprint density at radius 1 is 1.35 bits per heavy atom. The fourth-order valence-electron chi connectivity index (χ4n) is 1.52. The minimum atomic E-state index is -4.56. The second-order valence-corrected chi connectivity index (χ2v) is 5.72. The van der Waals surface area contributed by atoms with Gasteiger partial charge in [-0.05, 0) is 18.6 Å². The third-order valence-corrected chi connectivity index (χ3v) is 3.53. The van der Waals surface area contributed by atoms with Gasteiger partial charge in [-0.3, -0.25) is 4.57 Å². The van der Waals surface area contributed by atoms with Crippen LogP contribution in [0.3, 0.4) is 0 Å². The number of benzene rings is 1. The third-order valence-electron chi connectivity index (χ3n) is 2.47. The normalized spacial score (nSPS) is 13.9. The Balaban J connectivity index is 2.95. The molecule has 0 bridgehead atoms. The highest BCUT2D eigenvalue weighted by Crippen LogP contribution is 2.48. The van der Waals surface area contributed by atoms with Crippen molar-refractivity contribution in [2.75, 3.05) is 6.61 Å². The quantitative estimate of drug-likeness (QED) is 0.543. The van der Waals surface area contributed by atoms with E-state index < -0.39 is 26.1 Å². The molecule has 110 valence electrons. The molecule has 1 atom stereocenters. The topological polar surface area (TPSA) is 104 Å². The molecular formula is C13H17O6P. The molecule has 0 heterocycles. The van der Waals surface area contributed by atoms with Gasteiger partial charge in [-0.2, -0.15) is 0 Å². The fourth-order valence-corrected chi connectivity index (χ4v) is 2.25. The fraction of sp³-hybridized carbons (Fsp3) is 0.308. The molecule has 0 aliphatic heterocycles. The Morgan fingerprint density at radius 2 is 1.95 bits per heavy atom. The lowest BCUT2D eigenvalue weighted by atomic mass is 10.1. The molecule has 0 aliphatic rings. The van der Waals surface area contributed by atoms with E-state index >= 15 is 0 Å². The molecule has 1 aromatic carbocycles. The molecule has 6 nitrogen and oxygen atoms in total. The molecule has 0 aromatic heterocycles. The lowest BCUT2D eigenvalue weighted by Crippen LogP contribution is -2.23. The highest BCUT2D eigenvalue weighted by molar-refractivity contribution is 7.56. The van der Waals surface area contributed by atoms with E-state index in [2.05, 4.69) is 4.74 Å². The first-order valence-corrected chi connectivity index (χ1v) is 7.62. The first-order valence-electron chi connectivity index (χ1n) is 6.01. The minimum Gasteiger partial charge on any atom is -0.464 e. The molecule has 1 rings (SSSR count). The Bertz CT molecular complexity index is 519. The zero-order valence-corrected chi connectivity index (χ0v) is 11.9. The molecule has 0 spiro atoms. The van der Waals surface area contributed by atoms with Crippen molar-refractivity contribution in [2.24, 2.45) is 0 Å². The number of aliphatic hydroxyl groups excluding tert-OH is 1. The van der Waals surface area contributed by atoms with Crippen LogP contribution in [-0.4, -0.2) is 33.6 Å². The van der Waals surface area contributed by atoms with Crippen molar-refractivity contribution >= 4 is 19.6 Å². The summed E-state index contributed by atoms with van der Waals surface area (Å²) in [5.41, 5.74) is 0.571. The molecular weight excluding hydrogens is 283 g/mol. The molecule has 0 saturated heterocycles.